The predicted octanol–water partition coefficient (Wildman–Crippen LogP) is 2.65. The Bertz CT molecular complexity index is 1370. The molecule has 9 nitrogen and oxygen atoms in total. The van der Waals surface area contributed by atoms with Crippen molar-refractivity contribution in [3.05, 3.63) is 88.7 Å². The second-order valence-corrected chi connectivity index (χ2v) is 8.78. The zero-order valence-electron chi connectivity index (χ0n) is 17.0. The number of benzene rings is 2. The number of rotatable bonds is 9. The van der Waals surface area contributed by atoms with Crippen LogP contribution in [0.5, 0.6) is 0 Å². The third kappa shape index (κ3) is 4.82. The molecule has 4 aromatic rings. The van der Waals surface area contributed by atoms with Gasteiger partial charge in [0.25, 0.3) is 0 Å². The lowest BCUT2D eigenvalue weighted by atomic mass is 10.2. The van der Waals surface area contributed by atoms with Gasteiger partial charge in [-0.3, -0.25) is 4.57 Å². The highest BCUT2D eigenvalue weighted by Crippen LogP contribution is 2.13. The third-order valence-corrected chi connectivity index (χ3v) is 6.27. The summed E-state index contributed by atoms with van der Waals surface area (Å²) in [4.78, 5) is 27.1. The van der Waals surface area contributed by atoms with Gasteiger partial charge in [0.15, 0.2) is 0 Å². The molecule has 32 heavy (non-hydrogen) atoms. The lowest BCUT2D eigenvalue weighted by Crippen LogP contribution is -2.23. The van der Waals surface area contributed by atoms with E-state index in [0.29, 0.717) is 18.7 Å². The number of ether oxygens (including phenoxy) is 1. The summed E-state index contributed by atoms with van der Waals surface area (Å²) >= 11 is 0. The van der Waals surface area contributed by atoms with Crippen molar-refractivity contribution in [1.82, 2.24) is 14.3 Å². The molecule has 0 spiro atoms. The fourth-order valence-electron chi connectivity index (χ4n) is 3.23. The molecule has 2 heterocycles. The highest BCUT2D eigenvalue weighted by Gasteiger charge is 2.16. The second-order valence-electron chi connectivity index (χ2n) is 7.02. The first-order valence-corrected chi connectivity index (χ1v) is 11.4. The summed E-state index contributed by atoms with van der Waals surface area (Å²) in [6.07, 6.45) is 1.92. The topological polar surface area (TPSA) is 123 Å². The van der Waals surface area contributed by atoms with E-state index in [1.165, 1.54) is 30.5 Å². The molecule has 0 fully saturated rings. The molecule has 0 aliphatic carbocycles. The van der Waals surface area contributed by atoms with Crippen molar-refractivity contribution in [2.24, 2.45) is 0 Å². The summed E-state index contributed by atoms with van der Waals surface area (Å²) in [5.74, 6) is -0.0764. The molecule has 10 heteroatoms. The van der Waals surface area contributed by atoms with E-state index in [-0.39, 0.29) is 29.3 Å². The number of fused-ring (bicyclic) bond motifs is 1. The standard InChI is InChI=1S/C22H21N3O6S/c26-21(31-14-4-12-25-20-7-2-1-6-19(20)24-22(25)27)16-8-10-18(11-9-16)32(28,29)23-15-17-5-3-13-30-17/h1-3,5-11,13,23H,4,12,14-15H2,(H,24,27). The Morgan fingerprint density at radius 3 is 2.59 bits per heavy atom. The number of hydrogen-bond acceptors (Lipinski definition) is 6. The van der Waals surface area contributed by atoms with E-state index in [2.05, 4.69) is 9.71 Å². The summed E-state index contributed by atoms with van der Waals surface area (Å²) in [7, 11) is -3.74. The minimum absolute atomic E-state index is 0.0264. The second kappa shape index (κ2) is 9.25. The monoisotopic (exact) mass is 455 g/mol. The maximum atomic E-state index is 12.4. The number of sulfonamides is 1. The number of carbonyl (C=O) groups is 1. The molecule has 0 atom stereocenters. The Morgan fingerprint density at radius 2 is 1.84 bits per heavy atom. The van der Waals surface area contributed by atoms with Crippen LogP contribution in [0.4, 0.5) is 0 Å². The summed E-state index contributed by atoms with van der Waals surface area (Å²) in [6, 6.07) is 16.2. The van der Waals surface area contributed by atoms with E-state index < -0.39 is 16.0 Å². The molecule has 0 saturated heterocycles. The van der Waals surface area contributed by atoms with Crippen LogP contribution in [-0.4, -0.2) is 30.5 Å². The predicted molar refractivity (Wildman–Crippen MR) is 117 cm³/mol. The van der Waals surface area contributed by atoms with E-state index in [0.717, 1.165) is 11.0 Å². The number of hydrogen-bond donors (Lipinski definition) is 2. The molecule has 2 N–H and O–H groups in total. The molecule has 0 aliphatic rings. The number of aromatic amines is 1. The van der Waals surface area contributed by atoms with E-state index in [1.807, 2.05) is 24.3 Å². The van der Waals surface area contributed by atoms with Crippen LogP contribution in [0.1, 0.15) is 22.5 Å². The van der Waals surface area contributed by atoms with E-state index in [4.69, 9.17) is 9.15 Å². The van der Waals surface area contributed by atoms with Crippen LogP contribution in [0.3, 0.4) is 0 Å². The Balaban J connectivity index is 1.30. The molecule has 2 aromatic carbocycles. The van der Waals surface area contributed by atoms with Crippen molar-refractivity contribution in [2.45, 2.75) is 24.4 Å². The fraction of sp³-hybridized carbons (Fsp3) is 0.182. The number of carbonyl (C=O) groups excluding carboxylic acids is 1. The molecule has 0 unspecified atom stereocenters. The van der Waals surface area contributed by atoms with Crippen molar-refractivity contribution < 1.29 is 22.4 Å². The third-order valence-electron chi connectivity index (χ3n) is 4.86. The largest absolute Gasteiger partial charge is 0.468 e. The Morgan fingerprint density at radius 1 is 1.06 bits per heavy atom. The minimum atomic E-state index is -3.74. The molecule has 0 radical (unpaired) electrons. The van der Waals surface area contributed by atoms with Crippen molar-refractivity contribution in [3.8, 4) is 0 Å². The first kappa shape index (κ1) is 21.6. The van der Waals surface area contributed by atoms with Crippen LogP contribution < -0.4 is 10.4 Å². The van der Waals surface area contributed by atoms with Crippen molar-refractivity contribution >= 4 is 27.0 Å². The molecule has 2 aromatic heterocycles. The van der Waals surface area contributed by atoms with Crippen LogP contribution in [0.15, 0.2) is 81.0 Å². The number of H-pyrrole nitrogens is 1. The number of nitrogens with one attached hydrogen (secondary N) is 2. The van der Waals surface area contributed by atoms with Gasteiger partial charge in [-0.05, 0) is 55.0 Å². The zero-order valence-corrected chi connectivity index (χ0v) is 17.8. The molecule has 0 aliphatic heterocycles. The Hall–Kier alpha value is -3.63. The minimum Gasteiger partial charge on any atom is -0.468 e. The normalized spacial score (nSPS) is 11.6. The summed E-state index contributed by atoms with van der Waals surface area (Å²) in [5, 5.41) is 0. The van der Waals surface area contributed by atoms with Crippen LogP contribution >= 0.6 is 0 Å². The quantitative estimate of drug-likeness (QED) is 0.295. The zero-order chi connectivity index (χ0) is 22.6. The highest BCUT2D eigenvalue weighted by atomic mass is 32.2. The number of para-hydroxylation sites is 2. The lowest BCUT2D eigenvalue weighted by Gasteiger charge is -2.08. The first-order valence-electron chi connectivity index (χ1n) is 9.91. The van der Waals surface area contributed by atoms with Gasteiger partial charge in [-0.1, -0.05) is 12.1 Å². The van der Waals surface area contributed by atoms with Gasteiger partial charge in [0.05, 0.1) is 40.9 Å². The van der Waals surface area contributed by atoms with Crippen molar-refractivity contribution in [3.63, 3.8) is 0 Å². The van der Waals surface area contributed by atoms with Gasteiger partial charge in [-0.2, -0.15) is 0 Å². The van der Waals surface area contributed by atoms with E-state index in [9.17, 15) is 18.0 Å². The highest BCUT2D eigenvalue weighted by molar-refractivity contribution is 7.89. The van der Waals surface area contributed by atoms with Crippen molar-refractivity contribution in [1.29, 1.82) is 0 Å². The van der Waals surface area contributed by atoms with Gasteiger partial charge in [0, 0.05) is 6.54 Å². The van der Waals surface area contributed by atoms with Gasteiger partial charge in [0.2, 0.25) is 10.0 Å². The van der Waals surface area contributed by atoms with E-state index >= 15 is 0 Å². The molecule has 0 saturated carbocycles. The Labute approximate surface area is 183 Å². The fourth-order valence-corrected chi connectivity index (χ4v) is 4.23. The number of furan rings is 1. The van der Waals surface area contributed by atoms with E-state index in [1.54, 1.807) is 16.7 Å². The maximum Gasteiger partial charge on any atom is 0.338 e. The van der Waals surface area contributed by atoms with Crippen LogP contribution in [0, 0.1) is 0 Å². The number of aryl methyl sites for hydroxylation is 1. The molecular formula is C22H21N3O6S. The average Bonchev–Trinajstić information content (AvgIpc) is 3.43. The van der Waals surface area contributed by atoms with Crippen LogP contribution in [-0.2, 0) is 27.8 Å². The van der Waals surface area contributed by atoms with Gasteiger partial charge in [0.1, 0.15) is 5.76 Å². The lowest BCUT2D eigenvalue weighted by molar-refractivity contribution is 0.0496. The summed E-state index contributed by atoms with van der Waals surface area (Å²) in [6.45, 7) is 0.544. The first-order chi connectivity index (χ1) is 15.4. The van der Waals surface area contributed by atoms with Gasteiger partial charge in [-0.25, -0.2) is 22.7 Å². The molecular weight excluding hydrogens is 434 g/mol. The smallest absolute Gasteiger partial charge is 0.338 e. The maximum absolute atomic E-state index is 12.4. The van der Waals surface area contributed by atoms with Crippen molar-refractivity contribution in [2.75, 3.05) is 6.61 Å². The molecule has 0 bridgehead atoms. The van der Waals surface area contributed by atoms with Crippen LogP contribution in [0.25, 0.3) is 11.0 Å². The molecule has 4 rings (SSSR count). The number of nitrogens with zero attached hydrogens (tertiary/aromatic N) is 1. The Kier molecular flexibility index (Phi) is 6.24. The van der Waals surface area contributed by atoms with Gasteiger partial charge >= 0.3 is 11.7 Å². The molecule has 166 valence electrons. The number of imidazole rings is 1. The van der Waals surface area contributed by atoms with Gasteiger partial charge < -0.3 is 14.1 Å². The summed E-state index contributed by atoms with van der Waals surface area (Å²) < 4.78 is 39.1. The number of aromatic nitrogens is 2. The summed E-state index contributed by atoms with van der Waals surface area (Å²) in [5.41, 5.74) is 1.57. The average molecular weight is 455 g/mol. The molecule has 0 amide bonds. The SMILES string of the molecule is O=C(OCCCn1c(=O)[nH]c2ccccc21)c1ccc(S(=O)(=O)NCc2ccco2)cc1. The van der Waals surface area contributed by atoms with Gasteiger partial charge in [-0.15, -0.1) is 0 Å². The number of esters is 1. The van der Waals surface area contributed by atoms with Crippen LogP contribution in [0.2, 0.25) is 0 Å².